The normalized spacial score (nSPS) is 22.1. The Kier molecular flexibility index (Phi) is 3.26. The summed E-state index contributed by atoms with van der Waals surface area (Å²) < 4.78 is 0. The van der Waals surface area contributed by atoms with Gasteiger partial charge in [0.1, 0.15) is 0 Å². The van der Waals surface area contributed by atoms with Gasteiger partial charge in [0.2, 0.25) is 0 Å². The van der Waals surface area contributed by atoms with Crippen molar-refractivity contribution in [2.45, 2.75) is 64.3 Å². The molecule has 2 atom stereocenters. The minimum absolute atomic E-state index is 0.184. The minimum atomic E-state index is 0.184. The summed E-state index contributed by atoms with van der Waals surface area (Å²) >= 11 is 0. The highest BCUT2D eigenvalue weighted by atomic mass is 14.7. The second kappa shape index (κ2) is 4.41. The average molecular weight is 232 g/mol. The highest BCUT2D eigenvalue weighted by molar-refractivity contribution is 5.33. The van der Waals surface area contributed by atoms with Crippen LogP contribution in [0.2, 0.25) is 0 Å². The van der Waals surface area contributed by atoms with Crippen molar-refractivity contribution >= 4 is 0 Å². The third-order valence-electron chi connectivity index (χ3n) is 3.81. The van der Waals surface area contributed by atoms with Crippen LogP contribution >= 0.6 is 0 Å². The highest BCUT2D eigenvalue weighted by Crippen LogP contribution is 2.34. The Morgan fingerprint density at radius 3 is 2.71 bits per heavy atom. The van der Waals surface area contributed by atoms with Gasteiger partial charge in [0.05, 0.1) is 0 Å². The molecule has 0 amide bonds. The number of pyridine rings is 1. The van der Waals surface area contributed by atoms with Crippen molar-refractivity contribution in [1.82, 2.24) is 4.98 Å². The number of nitrogens with two attached hydrogens (primary N) is 1. The van der Waals surface area contributed by atoms with Crippen molar-refractivity contribution in [1.29, 1.82) is 0 Å². The Morgan fingerprint density at radius 2 is 2.12 bits per heavy atom. The lowest BCUT2D eigenvalue weighted by atomic mass is 9.80. The first kappa shape index (κ1) is 12.6. The van der Waals surface area contributed by atoms with E-state index in [1.54, 1.807) is 0 Å². The van der Waals surface area contributed by atoms with Crippen molar-refractivity contribution in [3.05, 3.63) is 29.1 Å². The van der Waals surface area contributed by atoms with Gasteiger partial charge in [-0.3, -0.25) is 4.98 Å². The molecule has 0 bridgehead atoms. The van der Waals surface area contributed by atoms with Crippen molar-refractivity contribution in [2.24, 2.45) is 5.73 Å². The molecule has 2 N–H and O–H groups in total. The summed E-state index contributed by atoms with van der Waals surface area (Å²) in [5.74, 6) is 0.452. The lowest BCUT2D eigenvalue weighted by molar-refractivity contribution is 0.470. The molecule has 2 rings (SSSR count). The van der Waals surface area contributed by atoms with Gasteiger partial charge >= 0.3 is 0 Å². The van der Waals surface area contributed by atoms with Crippen LogP contribution in [0.5, 0.6) is 0 Å². The van der Waals surface area contributed by atoms with Gasteiger partial charge in [-0.1, -0.05) is 26.8 Å². The van der Waals surface area contributed by atoms with Gasteiger partial charge in [-0.2, -0.15) is 0 Å². The number of nitrogens with zero attached hydrogens (tertiary/aromatic N) is 1. The Morgan fingerprint density at radius 1 is 1.41 bits per heavy atom. The first-order valence-corrected chi connectivity index (χ1v) is 6.64. The maximum Gasteiger partial charge on any atom is 0.0482 e. The van der Waals surface area contributed by atoms with Crippen molar-refractivity contribution in [3.8, 4) is 0 Å². The van der Waals surface area contributed by atoms with E-state index in [0.717, 1.165) is 6.42 Å². The lowest BCUT2D eigenvalue weighted by Gasteiger charge is -2.29. The molecule has 1 aromatic rings. The number of aromatic nitrogens is 1. The third kappa shape index (κ3) is 2.52. The summed E-state index contributed by atoms with van der Waals surface area (Å²) in [5, 5.41) is 0. The number of aryl methyl sites for hydroxylation is 1. The molecule has 0 spiro atoms. The fraction of sp³-hybridized carbons (Fsp3) is 0.667. The van der Waals surface area contributed by atoms with Gasteiger partial charge in [0, 0.05) is 23.9 Å². The van der Waals surface area contributed by atoms with Crippen LogP contribution in [0, 0.1) is 0 Å². The largest absolute Gasteiger partial charge is 0.327 e. The third-order valence-corrected chi connectivity index (χ3v) is 3.81. The van der Waals surface area contributed by atoms with E-state index >= 15 is 0 Å². The van der Waals surface area contributed by atoms with Crippen molar-refractivity contribution in [2.75, 3.05) is 0 Å². The molecule has 1 heterocycles. The lowest BCUT2D eigenvalue weighted by Crippen LogP contribution is -2.29. The molecule has 0 aromatic carbocycles. The van der Waals surface area contributed by atoms with Crippen LogP contribution in [0.25, 0.3) is 0 Å². The molecule has 2 heteroatoms. The molecule has 2 nitrogen and oxygen atoms in total. The summed E-state index contributed by atoms with van der Waals surface area (Å²) in [6, 6.07) is 2.55. The molecule has 94 valence electrons. The minimum Gasteiger partial charge on any atom is -0.327 e. The van der Waals surface area contributed by atoms with E-state index in [0.29, 0.717) is 5.92 Å². The average Bonchev–Trinajstić information content (AvgIpc) is 2.26. The molecule has 1 aromatic heterocycles. The fourth-order valence-corrected chi connectivity index (χ4v) is 2.63. The monoisotopic (exact) mass is 232 g/mol. The second-order valence-electron chi connectivity index (χ2n) is 6.38. The maximum absolute atomic E-state index is 6.07. The predicted molar refractivity (Wildman–Crippen MR) is 72.3 cm³/mol. The summed E-state index contributed by atoms with van der Waals surface area (Å²) in [6.45, 7) is 8.81. The highest BCUT2D eigenvalue weighted by Gasteiger charge is 2.26. The first-order chi connectivity index (χ1) is 7.89. The molecule has 1 aliphatic rings. The van der Waals surface area contributed by atoms with Crippen LogP contribution in [0.15, 0.2) is 12.3 Å². The van der Waals surface area contributed by atoms with E-state index in [1.807, 2.05) is 6.20 Å². The number of fused-ring (bicyclic) bond motifs is 1. The molecule has 0 saturated carbocycles. The zero-order valence-electron chi connectivity index (χ0n) is 11.5. The molecule has 0 radical (unpaired) electrons. The van der Waals surface area contributed by atoms with Crippen LogP contribution in [0.4, 0.5) is 0 Å². The fourth-order valence-electron chi connectivity index (χ4n) is 2.63. The number of rotatable bonds is 1. The zero-order valence-corrected chi connectivity index (χ0v) is 11.5. The molecule has 17 heavy (non-hydrogen) atoms. The molecule has 0 saturated heterocycles. The van der Waals surface area contributed by atoms with Crippen LogP contribution in [-0.4, -0.2) is 11.0 Å². The standard InChI is InChI=1S/C15H24N2/c1-10(16)13-7-5-6-11-8-12(15(2,3)4)9-17-14(11)13/h8-10,13H,5-7,16H2,1-4H3. The van der Waals surface area contributed by atoms with E-state index in [2.05, 4.69) is 33.8 Å². The van der Waals surface area contributed by atoms with E-state index in [1.165, 1.54) is 29.7 Å². The number of hydrogen-bond acceptors (Lipinski definition) is 2. The van der Waals surface area contributed by atoms with Crippen LogP contribution < -0.4 is 5.73 Å². The smallest absolute Gasteiger partial charge is 0.0482 e. The van der Waals surface area contributed by atoms with Gasteiger partial charge in [-0.15, -0.1) is 0 Å². The summed E-state index contributed by atoms with van der Waals surface area (Å²) in [6.07, 6.45) is 5.63. The summed E-state index contributed by atoms with van der Waals surface area (Å²) in [7, 11) is 0. The summed E-state index contributed by atoms with van der Waals surface area (Å²) in [4.78, 5) is 4.71. The predicted octanol–water partition coefficient (Wildman–Crippen LogP) is 3.15. The molecule has 2 unspecified atom stereocenters. The quantitative estimate of drug-likeness (QED) is 0.808. The van der Waals surface area contributed by atoms with E-state index in [9.17, 15) is 0 Å². The van der Waals surface area contributed by atoms with Gasteiger partial charge in [0.25, 0.3) is 0 Å². The maximum atomic E-state index is 6.07. The Labute approximate surface area is 105 Å². The Balaban J connectivity index is 2.40. The van der Waals surface area contributed by atoms with Gasteiger partial charge < -0.3 is 5.73 Å². The SMILES string of the molecule is CC(N)C1CCCc2cc(C(C)(C)C)cnc21. The van der Waals surface area contributed by atoms with E-state index in [4.69, 9.17) is 10.7 Å². The van der Waals surface area contributed by atoms with Gasteiger partial charge in [-0.05, 0) is 42.7 Å². The topological polar surface area (TPSA) is 38.9 Å². The summed E-state index contributed by atoms with van der Waals surface area (Å²) in [5.41, 5.74) is 10.3. The molecular weight excluding hydrogens is 208 g/mol. The van der Waals surface area contributed by atoms with Crippen LogP contribution in [-0.2, 0) is 11.8 Å². The van der Waals surface area contributed by atoms with E-state index in [-0.39, 0.29) is 11.5 Å². The van der Waals surface area contributed by atoms with Gasteiger partial charge in [0.15, 0.2) is 0 Å². The second-order valence-corrected chi connectivity index (χ2v) is 6.38. The molecule has 0 aliphatic heterocycles. The zero-order chi connectivity index (χ0) is 12.6. The van der Waals surface area contributed by atoms with E-state index < -0.39 is 0 Å². The van der Waals surface area contributed by atoms with Crippen molar-refractivity contribution < 1.29 is 0 Å². The Bertz CT molecular complexity index is 402. The Hall–Kier alpha value is -0.890. The van der Waals surface area contributed by atoms with Gasteiger partial charge in [-0.25, -0.2) is 0 Å². The van der Waals surface area contributed by atoms with Crippen molar-refractivity contribution in [3.63, 3.8) is 0 Å². The molecular formula is C15H24N2. The number of hydrogen-bond donors (Lipinski definition) is 1. The first-order valence-electron chi connectivity index (χ1n) is 6.64. The van der Waals surface area contributed by atoms with Crippen LogP contribution in [0.3, 0.4) is 0 Å². The molecule has 0 fully saturated rings. The molecule has 1 aliphatic carbocycles. The van der Waals surface area contributed by atoms with Crippen LogP contribution in [0.1, 0.15) is 63.3 Å².